The van der Waals surface area contributed by atoms with Crippen molar-refractivity contribution >= 4 is 31.6 Å². The molecular formula is C30H52ClNO4Si. The van der Waals surface area contributed by atoms with Crippen LogP contribution in [-0.4, -0.2) is 45.9 Å². The molecule has 0 aromatic carbocycles. The Morgan fingerprint density at radius 3 is 2.54 bits per heavy atom. The van der Waals surface area contributed by atoms with Gasteiger partial charge in [0, 0.05) is 37.6 Å². The van der Waals surface area contributed by atoms with Crippen LogP contribution in [0.4, 0.5) is 0 Å². The highest BCUT2D eigenvalue weighted by atomic mass is 35.5. The van der Waals surface area contributed by atoms with Gasteiger partial charge in [0.15, 0.2) is 14.1 Å². The number of halogens is 1. The molecule has 1 rings (SSSR count). The van der Waals surface area contributed by atoms with Gasteiger partial charge in [-0.15, -0.1) is 0 Å². The zero-order valence-corrected chi connectivity index (χ0v) is 26.2. The van der Waals surface area contributed by atoms with Gasteiger partial charge in [-0.25, -0.2) is 0 Å². The molecule has 1 amide bonds. The zero-order chi connectivity index (χ0) is 27.9. The third kappa shape index (κ3) is 12.9. The van der Waals surface area contributed by atoms with Crippen LogP contribution in [-0.2, 0) is 18.8 Å². The van der Waals surface area contributed by atoms with E-state index < -0.39 is 8.32 Å². The minimum absolute atomic E-state index is 0.0530. The van der Waals surface area contributed by atoms with Crippen LogP contribution in [0, 0.1) is 0 Å². The van der Waals surface area contributed by atoms with Crippen LogP contribution in [0.15, 0.2) is 34.9 Å². The van der Waals surface area contributed by atoms with Gasteiger partial charge in [0.1, 0.15) is 0 Å². The van der Waals surface area contributed by atoms with Gasteiger partial charge < -0.3 is 14.5 Å². The highest BCUT2D eigenvalue weighted by Gasteiger charge is 2.39. The van der Waals surface area contributed by atoms with Gasteiger partial charge in [-0.05, 0) is 55.5 Å². The molecule has 0 spiro atoms. The van der Waals surface area contributed by atoms with Crippen LogP contribution < -0.4 is 5.32 Å². The fourth-order valence-corrected chi connectivity index (χ4v) is 5.56. The molecule has 7 heteroatoms. The van der Waals surface area contributed by atoms with Gasteiger partial charge in [0.2, 0.25) is 5.91 Å². The molecule has 0 aromatic heterocycles. The number of carbonyl (C=O) groups excluding carboxylic acids is 2. The molecule has 0 fully saturated rings. The summed E-state index contributed by atoms with van der Waals surface area (Å²) in [5.41, 5.74) is 2.62. The van der Waals surface area contributed by atoms with Crippen LogP contribution in [0.25, 0.3) is 0 Å². The van der Waals surface area contributed by atoms with E-state index in [0.29, 0.717) is 36.8 Å². The van der Waals surface area contributed by atoms with Crippen molar-refractivity contribution in [1.82, 2.24) is 5.32 Å². The molecule has 1 N–H and O–H groups in total. The summed E-state index contributed by atoms with van der Waals surface area (Å²) in [5.74, 6) is -0.00459. The number of Topliss-reactive ketones (excluding diaryl/α,β-unsaturated/α-hetero) is 1. The number of ketones is 1. The molecule has 1 aliphatic carbocycles. The zero-order valence-electron chi connectivity index (χ0n) is 24.5. The number of ether oxygens (including phenoxy) is 1. The second-order valence-electron chi connectivity index (χ2n) is 11.7. The fraction of sp³-hybridized carbons (Fsp3) is 0.733. The molecule has 2 atom stereocenters. The van der Waals surface area contributed by atoms with E-state index in [2.05, 4.69) is 58.3 Å². The van der Waals surface area contributed by atoms with E-state index in [1.54, 1.807) is 7.11 Å². The number of unbranched alkanes of at least 4 members (excludes halogenated alkanes) is 4. The first kappa shape index (κ1) is 33.8. The van der Waals surface area contributed by atoms with Crippen LogP contribution >= 0.6 is 11.6 Å². The third-order valence-corrected chi connectivity index (χ3v) is 12.3. The van der Waals surface area contributed by atoms with Crippen molar-refractivity contribution in [1.29, 1.82) is 0 Å². The molecule has 212 valence electrons. The van der Waals surface area contributed by atoms with Crippen LogP contribution in [0.3, 0.4) is 0 Å². The smallest absolute Gasteiger partial charge is 0.220 e. The van der Waals surface area contributed by atoms with Crippen LogP contribution in [0.5, 0.6) is 0 Å². The Bertz CT molecular complexity index is 798. The van der Waals surface area contributed by atoms with Gasteiger partial charge in [0.25, 0.3) is 0 Å². The molecule has 0 saturated carbocycles. The molecule has 1 aliphatic rings. The molecule has 5 nitrogen and oxygen atoms in total. The lowest BCUT2D eigenvalue weighted by molar-refractivity contribution is -0.121. The first-order valence-corrected chi connectivity index (χ1v) is 17.5. The summed E-state index contributed by atoms with van der Waals surface area (Å²) in [6.07, 6.45) is 16.7. The monoisotopic (exact) mass is 553 g/mol. The lowest BCUT2D eigenvalue weighted by Crippen LogP contribution is -2.44. The summed E-state index contributed by atoms with van der Waals surface area (Å²) in [5, 5.41) is 3.01. The Hall–Kier alpha value is -1.21. The topological polar surface area (TPSA) is 64.6 Å². The normalized spacial score (nSPS) is 18.3. The summed E-state index contributed by atoms with van der Waals surface area (Å²) in [7, 11) is -0.189. The van der Waals surface area contributed by atoms with Crippen molar-refractivity contribution in [2.75, 3.05) is 13.7 Å². The molecule has 0 aromatic rings. The fourth-order valence-electron chi connectivity index (χ4n) is 4.07. The molecular weight excluding hydrogens is 502 g/mol. The number of rotatable bonds is 17. The predicted molar refractivity (Wildman–Crippen MR) is 159 cm³/mol. The van der Waals surface area contributed by atoms with Gasteiger partial charge in [-0.1, -0.05) is 83.6 Å². The van der Waals surface area contributed by atoms with Gasteiger partial charge >= 0.3 is 0 Å². The number of hydrogen-bond donors (Lipinski definition) is 1. The second kappa shape index (κ2) is 17.4. The maximum absolute atomic E-state index is 12.6. The van der Waals surface area contributed by atoms with Crippen LogP contribution in [0.1, 0.15) is 98.3 Å². The Kier molecular flexibility index (Phi) is 15.9. The summed E-state index contributed by atoms with van der Waals surface area (Å²) in [6.45, 7) is 13.5. The number of amides is 1. The largest absolute Gasteiger partial charge is 0.411 e. The SMILES string of the molecule is CCCCCCC[C@@H](C/C=C/CCC(=O)NC/C(=C/Cl)C1=C[C@H](O[Si](C)(C)C(C)(C)C)CCC1=O)OC. The maximum atomic E-state index is 12.6. The summed E-state index contributed by atoms with van der Waals surface area (Å²) < 4.78 is 12.1. The van der Waals surface area contributed by atoms with Crippen molar-refractivity contribution < 1.29 is 18.8 Å². The molecule has 0 aliphatic heterocycles. The Labute approximate surface area is 232 Å². The maximum Gasteiger partial charge on any atom is 0.220 e. The number of hydrogen-bond acceptors (Lipinski definition) is 4. The van der Waals surface area contributed by atoms with E-state index >= 15 is 0 Å². The van der Waals surface area contributed by atoms with Gasteiger partial charge in [-0.2, -0.15) is 0 Å². The molecule has 0 unspecified atom stereocenters. The number of methoxy groups -OCH3 is 1. The van der Waals surface area contributed by atoms with E-state index in [1.807, 2.05) is 6.08 Å². The molecule has 0 saturated heterocycles. The highest BCUT2D eigenvalue weighted by molar-refractivity contribution is 6.74. The van der Waals surface area contributed by atoms with Gasteiger partial charge in [-0.3, -0.25) is 9.59 Å². The number of carbonyl (C=O) groups is 2. The summed E-state index contributed by atoms with van der Waals surface area (Å²) >= 11 is 6.09. The standard InChI is InChI=1S/C30H52ClNO4Si/c1-8-9-10-11-13-16-25(35-5)17-14-12-15-18-29(34)32-23-24(22-31)27-21-26(19-20-28(27)33)36-37(6,7)30(2,3)4/h12,14,21-22,25-26H,8-11,13,15-20,23H2,1-7H3,(H,32,34)/b14-12+,24-22-/t25-,26+/m0/s1. The number of nitrogens with one attached hydrogen (secondary N) is 1. The van der Waals surface area contributed by atoms with E-state index in [0.717, 1.165) is 12.8 Å². The number of allylic oxidation sites excluding steroid dienone is 1. The van der Waals surface area contributed by atoms with Crippen molar-refractivity contribution in [3.8, 4) is 0 Å². The average molecular weight is 554 g/mol. The molecule has 0 radical (unpaired) electrons. The van der Waals surface area contributed by atoms with E-state index in [1.165, 1.54) is 37.6 Å². The predicted octanol–water partition coefficient (Wildman–Crippen LogP) is 8.01. The Morgan fingerprint density at radius 2 is 1.92 bits per heavy atom. The molecule has 0 heterocycles. The van der Waals surface area contributed by atoms with Crippen LogP contribution in [0.2, 0.25) is 18.1 Å². The molecule has 37 heavy (non-hydrogen) atoms. The quantitative estimate of drug-likeness (QED) is 0.112. The van der Waals surface area contributed by atoms with E-state index in [9.17, 15) is 9.59 Å². The Balaban J connectivity index is 2.50. The highest BCUT2D eigenvalue weighted by Crippen LogP contribution is 2.38. The minimum Gasteiger partial charge on any atom is -0.411 e. The Morgan fingerprint density at radius 1 is 1.22 bits per heavy atom. The summed E-state index contributed by atoms with van der Waals surface area (Å²) in [4.78, 5) is 25.0. The van der Waals surface area contributed by atoms with Crippen molar-refractivity contribution in [3.63, 3.8) is 0 Å². The lowest BCUT2D eigenvalue weighted by atomic mass is 9.91. The first-order valence-electron chi connectivity index (χ1n) is 14.1. The van der Waals surface area contributed by atoms with E-state index in [4.69, 9.17) is 20.8 Å². The van der Waals surface area contributed by atoms with Crippen molar-refractivity contribution in [3.05, 3.63) is 34.9 Å². The van der Waals surface area contributed by atoms with Crippen molar-refractivity contribution in [2.45, 2.75) is 129 Å². The lowest BCUT2D eigenvalue weighted by Gasteiger charge is -2.39. The van der Waals surface area contributed by atoms with Gasteiger partial charge in [0.05, 0.1) is 12.2 Å². The van der Waals surface area contributed by atoms with Crippen molar-refractivity contribution in [2.24, 2.45) is 0 Å². The average Bonchev–Trinajstić information content (AvgIpc) is 2.83. The minimum atomic E-state index is -1.96. The summed E-state index contributed by atoms with van der Waals surface area (Å²) in [6, 6.07) is 0. The molecule has 0 bridgehead atoms. The second-order valence-corrected chi connectivity index (χ2v) is 16.7. The first-order chi connectivity index (χ1) is 17.4. The third-order valence-electron chi connectivity index (χ3n) is 7.58. The van der Waals surface area contributed by atoms with E-state index in [-0.39, 0.29) is 35.5 Å².